The molecule has 52 valence electrons. The summed E-state index contributed by atoms with van der Waals surface area (Å²) in [4.78, 5) is 10.2. The highest BCUT2D eigenvalue weighted by Gasteiger charge is 1.85. The Morgan fingerprint density at radius 2 is 2.56 bits per heavy atom. The molecule has 0 aliphatic rings. The van der Waals surface area contributed by atoms with Gasteiger partial charge in [0.15, 0.2) is 0 Å². The molecule has 0 saturated heterocycles. The van der Waals surface area contributed by atoms with Gasteiger partial charge < -0.3 is 10.1 Å². The van der Waals surface area contributed by atoms with Crippen LogP contribution >= 0.6 is 0 Å². The van der Waals surface area contributed by atoms with Crippen LogP contribution in [0.1, 0.15) is 6.92 Å². The quantitative estimate of drug-likeness (QED) is 0.336. The normalized spacial score (nSPS) is 8.56. The maximum absolute atomic E-state index is 10.2. The zero-order valence-electron chi connectivity index (χ0n) is 5.52. The first-order valence-corrected chi connectivity index (χ1v) is 2.70. The van der Waals surface area contributed by atoms with Crippen molar-refractivity contribution in [3.05, 3.63) is 12.7 Å². The Labute approximate surface area is 54.7 Å². The third-order valence-corrected chi connectivity index (χ3v) is 0.659. The van der Waals surface area contributed by atoms with Crippen LogP contribution in [-0.2, 0) is 9.53 Å². The summed E-state index contributed by atoms with van der Waals surface area (Å²) in [5.74, 6) is -0.0842. The van der Waals surface area contributed by atoms with E-state index in [9.17, 15) is 4.79 Å². The van der Waals surface area contributed by atoms with Crippen LogP contribution in [0.4, 0.5) is 0 Å². The van der Waals surface area contributed by atoms with Crippen molar-refractivity contribution < 1.29 is 9.53 Å². The summed E-state index contributed by atoms with van der Waals surface area (Å²) in [5.41, 5.74) is 0. The Kier molecular flexibility index (Phi) is 4.82. The van der Waals surface area contributed by atoms with Gasteiger partial charge in [-0.2, -0.15) is 0 Å². The molecule has 0 aromatic heterocycles. The van der Waals surface area contributed by atoms with E-state index in [2.05, 4.69) is 11.9 Å². The molecule has 0 aromatic rings. The monoisotopic (exact) mass is 129 g/mol. The van der Waals surface area contributed by atoms with Crippen LogP contribution < -0.4 is 5.32 Å². The van der Waals surface area contributed by atoms with Gasteiger partial charge in [-0.3, -0.25) is 4.79 Å². The summed E-state index contributed by atoms with van der Waals surface area (Å²) >= 11 is 0. The number of rotatable bonds is 4. The van der Waals surface area contributed by atoms with E-state index in [-0.39, 0.29) is 12.6 Å². The van der Waals surface area contributed by atoms with Crippen molar-refractivity contribution in [3.63, 3.8) is 0 Å². The second kappa shape index (κ2) is 5.31. The van der Waals surface area contributed by atoms with Crippen molar-refractivity contribution in [1.82, 2.24) is 5.32 Å². The van der Waals surface area contributed by atoms with Gasteiger partial charge in [0.25, 0.3) is 0 Å². The van der Waals surface area contributed by atoms with E-state index in [1.54, 1.807) is 6.08 Å². The van der Waals surface area contributed by atoms with Gasteiger partial charge in [0.2, 0.25) is 5.91 Å². The molecule has 1 amide bonds. The van der Waals surface area contributed by atoms with Crippen LogP contribution in [0.3, 0.4) is 0 Å². The van der Waals surface area contributed by atoms with E-state index in [4.69, 9.17) is 4.74 Å². The van der Waals surface area contributed by atoms with E-state index in [0.29, 0.717) is 6.61 Å². The average Bonchev–Trinajstić information content (AvgIpc) is 1.80. The first kappa shape index (κ1) is 8.17. The molecule has 1 N–H and O–H groups in total. The average molecular weight is 129 g/mol. The third kappa shape index (κ3) is 7.17. The van der Waals surface area contributed by atoms with Crippen molar-refractivity contribution in [3.8, 4) is 0 Å². The lowest BCUT2D eigenvalue weighted by Crippen LogP contribution is -2.22. The molecular weight excluding hydrogens is 118 g/mol. The van der Waals surface area contributed by atoms with Crippen LogP contribution in [0.5, 0.6) is 0 Å². The number of amides is 1. The fourth-order valence-electron chi connectivity index (χ4n) is 0.295. The molecule has 0 fully saturated rings. The van der Waals surface area contributed by atoms with Crippen LogP contribution in [-0.4, -0.2) is 19.2 Å². The third-order valence-electron chi connectivity index (χ3n) is 0.659. The lowest BCUT2D eigenvalue weighted by molar-refractivity contribution is -0.120. The number of ether oxygens (including phenoxy) is 1. The molecule has 9 heavy (non-hydrogen) atoms. The van der Waals surface area contributed by atoms with Gasteiger partial charge in [0.1, 0.15) is 6.73 Å². The molecule has 0 bridgehead atoms. The molecule has 3 nitrogen and oxygen atoms in total. The molecule has 0 aromatic carbocycles. The van der Waals surface area contributed by atoms with E-state index < -0.39 is 0 Å². The maximum atomic E-state index is 10.2. The minimum atomic E-state index is -0.0842. The number of hydrogen-bond acceptors (Lipinski definition) is 2. The molecule has 0 spiro atoms. The molecule has 0 saturated carbocycles. The van der Waals surface area contributed by atoms with E-state index in [1.165, 1.54) is 6.92 Å². The number of nitrogens with one attached hydrogen (secondary N) is 1. The summed E-state index contributed by atoms with van der Waals surface area (Å²) in [6.45, 7) is 5.62. The van der Waals surface area contributed by atoms with Gasteiger partial charge in [-0.1, -0.05) is 6.08 Å². The zero-order chi connectivity index (χ0) is 7.11. The van der Waals surface area contributed by atoms with Gasteiger partial charge in [-0.25, -0.2) is 0 Å². The van der Waals surface area contributed by atoms with Crippen molar-refractivity contribution in [2.45, 2.75) is 6.92 Å². The molecule has 0 heterocycles. The maximum Gasteiger partial charge on any atom is 0.218 e. The standard InChI is InChI=1S/C6H11NO2/c1-3-4-9-5-7-6(2)8/h3H,1,4-5H2,2H3,(H,7,8). The number of carbonyl (C=O) groups is 1. The van der Waals surface area contributed by atoms with E-state index >= 15 is 0 Å². The molecular formula is C6H11NO2. The van der Waals surface area contributed by atoms with Crippen LogP contribution in [0.25, 0.3) is 0 Å². The topological polar surface area (TPSA) is 38.3 Å². The fraction of sp³-hybridized carbons (Fsp3) is 0.500. The minimum absolute atomic E-state index is 0.0842. The highest BCUT2D eigenvalue weighted by molar-refractivity contribution is 5.72. The summed E-state index contributed by atoms with van der Waals surface area (Å²) in [6, 6.07) is 0. The molecule has 0 atom stereocenters. The second-order valence-corrected chi connectivity index (χ2v) is 1.54. The van der Waals surface area contributed by atoms with Gasteiger partial charge in [-0.15, -0.1) is 6.58 Å². The summed E-state index contributed by atoms with van der Waals surface area (Å²) < 4.78 is 4.84. The number of carbonyl (C=O) groups excluding carboxylic acids is 1. The van der Waals surface area contributed by atoms with Gasteiger partial charge >= 0.3 is 0 Å². The summed E-state index contributed by atoms with van der Waals surface area (Å²) in [6.07, 6.45) is 1.63. The predicted octanol–water partition coefficient (Wildman–Crippen LogP) is 0.283. The SMILES string of the molecule is C=CCOCNC(C)=O. The fourth-order valence-corrected chi connectivity index (χ4v) is 0.295. The second-order valence-electron chi connectivity index (χ2n) is 1.54. The van der Waals surface area contributed by atoms with Crippen molar-refractivity contribution >= 4 is 5.91 Å². The highest BCUT2D eigenvalue weighted by Crippen LogP contribution is 1.70. The lowest BCUT2D eigenvalue weighted by atomic mass is 10.7. The molecule has 3 heteroatoms. The zero-order valence-corrected chi connectivity index (χ0v) is 5.52. The van der Waals surface area contributed by atoms with Gasteiger partial charge in [0, 0.05) is 6.92 Å². The lowest BCUT2D eigenvalue weighted by Gasteiger charge is -1.99. The smallest absolute Gasteiger partial charge is 0.218 e. The summed E-state index contributed by atoms with van der Waals surface area (Å²) in [5, 5.41) is 2.47. The van der Waals surface area contributed by atoms with Gasteiger partial charge in [0.05, 0.1) is 6.61 Å². The Bertz CT molecular complexity index is 101. The largest absolute Gasteiger partial charge is 0.357 e. The molecule has 0 rings (SSSR count). The van der Waals surface area contributed by atoms with Crippen molar-refractivity contribution in [1.29, 1.82) is 0 Å². The van der Waals surface area contributed by atoms with E-state index in [0.717, 1.165) is 0 Å². The molecule has 0 aliphatic carbocycles. The molecule has 0 aliphatic heterocycles. The van der Waals surface area contributed by atoms with Crippen molar-refractivity contribution in [2.75, 3.05) is 13.3 Å². The summed E-state index contributed by atoms with van der Waals surface area (Å²) in [7, 11) is 0. The molecule has 0 radical (unpaired) electrons. The van der Waals surface area contributed by atoms with Crippen LogP contribution in [0.15, 0.2) is 12.7 Å². The predicted molar refractivity (Wildman–Crippen MR) is 34.8 cm³/mol. The Hall–Kier alpha value is -0.830. The highest BCUT2D eigenvalue weighted by atomic mass is 16.5. The van der Waals surface area contributed by atoms with Gasteiger partial charge in [-0.05, 0) is 0 Å². The first-order valence-electron chi connectivity index (χ1n) is 2.70. The van der Waals surface area contributed by atoms with Crippen molar-refractivity contribution in [2.24, 2.45) is 0 Å². The van der Waals surface area contributed by atoms with E-state index in [1.807, 2.05) is 0 Å². The van der Waals surface area contributed by atoms with Crippen LogP contribution in [0, 0.1) is 0 Å². The Balaban J connectivity index is 2.91. The number of hydrogen-bond donors (Lipinski definition) is 1. The molecule has 0 unspecified atom stereocenters. The Morgan fingerprint density at radius 3 is 3.00 bits per heavy atom. The Morgan fingerprint density at radius 1 is 1.89 bits per heavy atom. The first-order chi connectivity index (χ1) is 4.27. The van der Waals surface area contributed by atoms with Crippen LogP contribution in [0.2, 0.25) is 0 Å². The minimum Gasteiger partial charge on any atom is -0.357 e.